The number of carboxylic acids is 1. The highest BCUT2D eigenvalue weighted by atomic mass is 16.4. The Bertz CT molecular complexity index is 373. The molecule has 0 aliphatic heterocycles. The predicted octanol–water partition coefficient (Wildman–Crippen LogP) is 2.01. The fraction of sp³-hybridized carbons (Fsp3) is 0.636. The summed E-state index contributed by atoms with van der Waals surface area (Å²) in [4.78, 5) is 14.8. The summed E-state index contributed by atoms with van der Waals surface area (Å²) in [5.74, 6) is -0.944. The van der Waals surface area contributed by atoms with E-state index in [1.54, 1.807) is 6.20 Å². The zero-order valence-corrected chi connectivity index (χ0v) is 9.09. The maximum absolute atomic E-state index is 10.7. The molecule has 5 heteroatoms. The molecule has 5 nitrogen and oxygen atoms in total. The third-order valence-corrected chi connectivity index (χ3v) is 3.04. The molecule has 0 radical (unpaired) electrons. The highest BCUT2D eigenvalue weighted by Gasteiger charge is 2.18. The van der Waals surface area contributed by atoms with E-state index in [0.717, 1.165) is 18.5 Å². The second kappa shape index (κ2) is 5.01. The van der Waals surface area contributed by atoms with Crippen molar-refractivity contribution < 1.29 is 9.90 Å². The highest BCUT2D eigenvalue weighted by molar-refractivity contribution is 5.82. The van der Waals surface area contributed by atoms with Crippen molar-refractivity contribution in [2.45, 2.75) is 44.4 Å². The molecule has 1 N–H and O–H groups in total. The van der Waals surface area contributed by atoms with Crippen LogP contribution in [0.2, 0.25) is 0 Å². The van der Waals surface area contributed by atoms with Crippen molar-refractivity contribution >= 4 is 5.97 Å². The lowest BCUT2D eigenvalue weighted by Crippen LogP contribution is -2.10. The van der Waals surface area contributed by atoms with Gasteiger partial charge in [0.2, 0.25) is 0 Å². The SMILES string of the molecule is O=C(O)c1nncc(C2CCCCCC2)n1. The van der Waals surface area contributed by atoms with E-state index in [4.69, 9.17) is 5.11 Å². The van der Waals surface area contributed by atoms with Crippen molar-refractivity contribution in [2.75, 3.05) is 0 Å². The molecule has 0 unspecified atom stereocenters. The zero-order valence-electron chi connectivity index (χ0n) is 9.09. The van der Waals surface area contributed by atoms with Gasteiger partial charge in [0.05, 0.1) is 11.9 Å². The number of carboxylic acid groups (broad SMARTS) is 1. The van der Waals surface area contributed by atoms with Crippen LogP contribution in [0.5, 0.6) is 0 Å². The van der Waals surface area contributed by atoms with E-state index in [0.29, 0.717) is 5.92 Å². The number of rotatable bonds is 2. The Morgan fingerprint density at radius 3 is 2.56 bits per heavy atom. The molecule has 0 aromatic carbocycles. The van der Waals surface area contributed by atoms with Gasteiger partial charge >= 0.3 is 5.97 Å². The Hall–Kier alpha value is -1.52. The van der Waals surface area contributed by atoms with Gasteiger partial charge in [-0.3, -0.25) is 0 Å². The van der Waals surface area contributed by atoms with Crippen LogP contribution in [-0.4, -0.2) is 26.3 Å². The Kier molecular flexibility index (Phi) is 3.44. The van der Waals surface area contributed by atoms with Crippen LogP contribution in [0.25, 0.3) is 0 Å². The van der Waals surface area contributed by atoms with E-state index in [2.05, 4.69) is 15.2 Å². The minimum Gasteiger partial charge on any atom is -0.475 e. The Morgan fingerprint density at radius 1 is 1.25 bits per heavy atom. The Morgan fingerprint density at radius 2 is 1.94 bits per heavy atom. The predicted molar refractivity (Wildman–Crippen MR) is 57.2 cm³/mol. The molecular formula is C11H15N3O2. The average molecular weight is 221 g/mol. The topological polar surface area (TPSA) is 76.0 Å². The lowest BCUT2D eigenvalue weighted by atomic mass is 9.97. The summed E-state index contributed by atoms with van der Waals surface area (Å²) in [6.45, 7) is 0. The molecule has 16 heavy (non-hydrogen) atoms. The standard InChI is InChI=1S/C11H15N3O2/c15-11(16)10-13-9(7-12-14-10)8-5-3-1-2-4-6-8/h7-8H,1-6H2,(H,15,16). The van der Waals surface area contributed by atoms with Crippen LogP contribution in [0, 0.1) is 0 Å². The van der Waals surface area contributed by atoms with Gasteiger partial charge in [-0.1, -0.05) is 25.7 Å². The summed E-state index contributed by atoms with van der Waals surface area (Å²) in [6.07, 6.45) is 8.67. The summed E-state index contributed by atoms with van der Waals surface area (Å²) >= 11 is 0. The van der Waals surface area contributed by atoms with Crippen LogP contribution >= 0.6 is 0 Å². The van der Waals surface area contributed by atoms with Crippen molar-refractivity contribution in [2.24, 2.45) is 0 Å². The molecule has 0 amide bonds. The molecule has 2 rings (SSSR count). The largest absolute Gasteiger partial charge is 0.475 e. The Labute approximate surface area is 93.9 Å². The van der Waals surface area contributed by atoms with Crippen molar-refractivity contribution in [3.8, 4) is 0 Å². The summed E-state index contributed by atoms with van der Waals surface area (Å²) in [7, 11) is 0. The number of nitrogens with zero attached hydrogens (tertiary/aromatic N) is 3. The van der Waals surface area contributed by atoms with Crippen LogP contribution in [0.4, 0.5) is 0 Å². The summed E-state index contributed by atoms with van der Waals surface area (Å²) < 4.78 is 0. The first-order chi connectivity index (χ1) is 7.77. The van der Waals surface area contributed by atoms with Crippen molar-refractivity contribution in [3.05, 3.63) is 17.7 Å². The lowest BCUT2D eigenvalue weighted by Gasteiger charge is -2.12. The lowest BCUT2D eigenvalue weighted by molar-refractivity contribution is 0.0681. The second-order valence-electron chi connectivity index (χ2n) is 4.20. The van der Waals surface area contributed by atoms with Gasteiger partial charge in [-0.25, -0.2) is 9.78 Å². The number of carbonyl (C=O) groups is 1. The maximum Gasteiger partial charge on any atom is 0.375 e. The fourth-order valence-electron chi connectivity index (χ4n) is 2.18. The normalized spacial score (nSPS) is 18.0. The van der Waals surface area contributed by atoms with E-state index in [1.807, 2.05) is 0 Å². The van der Waals surface area contributed by atoms with Crippen molar-refractivity contribution in [1.82, 2.24) is 15.2 Å². The van der Waals surface area contributed by atoms with E-state index >= 15 is 0 Å². The van der Waals surface area contributed by atoms with Crippen LogP contribution in [0.1, 0.15) is 60.8 Å². The van der Waals surface area contributed by atoms with Crippen LogP contribution in [-0.2, 0) is 0 Å². The highest BCUT2D eigenvalue weighted by Crippen LogP contribution is 2.29. The van der Waals surface area contributed by atoms with Gasteiger partial charge in [0, 0.05) is 5.92 Å². The minimum atomic E-state index is -1.11. The van der Waals surface area contributed by atoms with Gasteiger partial charge in [-0.2, -0.15) is 5.10 Å². The third kappa shape index (κ3) is 2.53. The quantitative estimate of drug-likeness (QED) is 0.773. The molecule has 1 heterocycles. The number of hydrogen-bond acceptors (Lipinski definition) is 4. The van der Waals surface area contributed by atoms with Gasteiger partial charge in [0.1, 0.15) is 0 Å². The first-order valence-electron chi connectivity index (χ1n) is 5.70. The average Bonchev–Trinajstić information content (AvgIpc) is 2.57. The van der Waals surface area contributed by atoms with Gasteiger partial charge in [-0.05, 0) is 12.8 Å². The van der Waals surface area contributed by atoms with Gasteiger partial charge in [0.15, 0.2) is 0 Å². The fourth-order valence-corrected chi connectivity index (χ4v) is 2.18. The molecular weight excluding hydrogens is 206 g/mol. The molecule has 1 aromatic rings. The number of aromatic carboxylic acids is 1. The minimum absolute atomic E-state index is 0.193. The Balaban J connectivity index is 2.18. The molecule has 1 aliphatic rings. The van der Waals surface area contributed by atoms with Crippen molar-refractivity contribution in [3.63, 3.8) is 0 Å². The molecule has 0 spiro atoms. The van der Waals surface area contributed by atoms with E-state index < -0.39 is 5.97 Å². The van der Waals surface area contributed by atoms with E-state index in [-0.39, 0.29) is 5.82 Å². The van der Waals surface area contributed by atoms with E-state index in [1.165, 1.54) is 25.7 Å². The smallest absolute Gasteiger partial charge is 0.375 e. The maximum atomic E-state index is 10.7. The van der Waals surface area contributed by atoms with Gasteiger partial charge < -0.3 is 5.11 Å². The molecule has 1 fully saturated rings. The summed E-state index contributed by atoms with van der Waals surface area (Å²) in [5, 5.41) is 16.0. The second-order valence-corrected chi connectivity index (χ2v) is 4.20. The third-order valence-electron chi connectivity index (χ3n) is 3.04. The van der Waals surface area contributed by atoms with Gasteiger partial charge in [0.25, 0.3) is 5.82 Å². The van der Waals surface area contributed by atoms with Crippen LogP contribution < -0.4 is 0 Å². The molecule has 1 aliphatic carbocycles. The zero-order chi connectivity index (χ0) is 11.4. The molecule has 0 saturated heterocycles. The number of hydrogen-bond donors (Lipinski definition) is 1. The van der Waals surface area contributed by atoms with Crippen molar-refractivity contribution in [1.29, 1.82) is 0 Å². The first-order valence-corrected chi connectivity index (χ1v) is 5.70. The summed E-state index contributed by atoms with van der Waals surface area (Å²) in [6, 6.07) is 0. The number of aromatic nitrogens is 3. The molecule has 1 aromatic heterocycles. The first kappa shape index (κ1) is 11.0. The molecule has 0 atom stereocenters. The van der Waals surface area contributed by atoms with Gasteiger partial charge in [-0.15, -0.1) is 5.10 Å². The monoisotopic (exact) mass is 221 g/mol. The molecule has 1 saturated carbocycles. The molecule has 0 bridgehead atoms. The molecule has 86 valence electrons. The van der Waals surface area contributed by atoms with E-state index in [9.17, 15) is 4.79 Å². The van der Waals surface area contributed by atoms with Crippen LogP contribution in [0.15, 0.2) is 6.20 Å². The summed E-state index contributed by atoms with van der Waals surface area (Å²) in [5.41, 5.74) is 0.786. The van der Waals surface area contributed by atoms with Crippen LogP contribution in [0.3, 0.4) is 0 Å².